The molecule has 112 valence electrons. The van der Waals surface area contributed by atoms with Gasteiger partial charge in [0.2, 0.25) is 0 Å². The molecule has 0 saturated heterocycles. The van der Waals surface area contributed by atoms with Crippen LogP contribution in [-0.2, 0) is 0 Å². The van der Waals surface area contributed by atoms with Gasteiger partial charge in [0.05, 0.1) is 11.3 Å². The topological polar surface area (TPSA) is 63.4 Å². The number of nitrogens with zero attached hydrogens (tertiary/aromatic N) is 1. The number of aryl methyl sites for hydroxylation is 1. The SMILES string of the molecule is Cc1ccc(N2C(=O)c3cccc4cc(N)cc(c34)C2=O)cc1. The molecular weight excluding hydrogens is 288 g/mol. The molecule has 3 aromatic rings. The molecule has 0 fully saturated rings. The Bertz CT molecular complexity index is 975. The summed E-state index contributed by atoms with van der Waals surface area (Å²) in [5.41, 5.74) is 9.06. The molecule has 0 unspecified atom stereocenters. The van der Waals surface area contributed by atoms with Crippen molar-refractivity contribution < 1.29 is 9.59 Å². The minimum Gasteiger partial charge on any atom is -0.399 e. The van der Waals surface area contributed by atoms with Crippen LogP contribution in [0.2, 0.25) is 0 Å². The lowest BCUT2D eigenvalue weighted by molar-refractivity contribution is 0.0893. The molecule has 0 spiro atoms. The first kappa shape index (κ1) is 13.5. The zero-order valence-electron chi connectivity index (χ0n) is 12.5. The van der Waals surface area contributed by atoms with Crippen molar-refractivity contribution in [2.75, 3.05) is 10.6 Å². The molecule has 2 N–H and O–H groups in total. The molecule has 0 aromatic heterocycles. The Labute approximate surface area is 133 Å². The van der Waals surface area contributed by atoms with Crippen molar-refractivity contribution in [1.29, 1.82) is 0 Å². The number of benzene rings is 3. The van der Waals surface area contributed by atoms with Gasteiger partial charge in [-0.2, -0.15) is 0 Å². The van der Waals surface area contributed by atoms with E-state index in [4.69, 9.17) is 5.73 Å². The molecule has 0 aliphatic carbocycles. The highest BCUT2D eigenvalue weighted by Crippen LogP contribution is 2.34. The molecule has 0 bridgehead atoms. The molecule has 2 amide bonds. The molecule has 23 heavy (non-hydrogen) atoms. The third-order valence-electron chi connectivity index (χ3n) is 4.16. The second kappa shape index (κ2) is 4.68. The number of nitrogen functional groups attached to an aromatic ring is 1. The fraction of sp³-hybridized carbons (Fsp3) is 0.0526. The van der Waals surface area contributed by atoms with E-state index in [-0.39, 0.29) is 11.8 Å². The first-order valence-corrected chi connectivity index (χ1v) is 7.34. The molecule has 4 nitrogen and oxygen atoms in total. The Kier molecular flexibility index (Phi) is 2.75. The van der Waals surface area contributed by atoms with Crippen LogP contribution in [0.5, 0.6) is 0 Å². The van der Waals surface area contributed by atoms with E-state index in [1.165, 1.54) is 4.90 Å². The van der Waals surface area contributed by atoms with Gasteiger partial charge in [-0.3, -0.25) is 9.59 Å². The number of anilines is 2. The molecule has 1 aliphatic rings. The third kappa shape index (κ3) is 1.92. The second-order valence-electron chi connectivity index (χ2n) is 5.75. The van der Waals surface area contributed by atoms with E-state index in [2.05, 4.69) is 0 Å². The summed E-state index contributed by atoms with van der Waals surface area (Å²) in [6, 6.07) is 16.2. The van der Waals surface area contributed by atoms with Gasteiger partial charge in [0.1, 0.15) is 0 Å². The van der Waals surface area contributed by atoms with E-state index in [1.807, 2.05) is 31.2 Å². The third-order valence-corrected chi connectivity index (χ3v) is 4.16. The van der Waals surface area contributed by atoms with Gasteiger partial charge in [0, 0.05) is 16.6 Å². The van der Waals surface area contributed by atoms with Gasteiger partial charge >= 0.3 is 0 Å². The molecule has 0 radical (unpaired) electrons. The van der Waals surface area contributed by atoms with Crippen LogP contribution in [0.1, 0.15) is 26.3 Å². The van der Waals surface area contributed by atoms with Gasteiger partial charge in [-0.05, 0) is 42.6 Å². The highest BCUT2D eigenvalue weighted by molar-refractivity contribution is 6.36. The molecule has 1 heterocycles. The van der Waals surface area contributed by atoms with Gasteiger partial charge in [0.15, 0.2) is 0 Å². The van der Waals surface area contributed by atoms with Crippen molar-refractivity contribution in [2.24, 2.45) is 0 Å². The molecule has 0 saturated carbocycles. The van der Waals surface area contributed by atoms with Crippen molar-refractivity contribution in [3.63, 3.8) is 0 Å². The van der Waals surface area contributed by atoms with Gasteiger partial charge in [-0.15, -0.1) is 0 Å². The first-order valence-electron chi connectivity index (χ1n) is 7.34. The molecule has 4 heteroatoms. The number of carbonyl (C=O) groups is 2. The monoisotopic (exact) mass is 302 g/mol. The Morgan fingerprint density at radius 1 is 0.870 bits per heavy atom. The largest absolute Gasteiger partial charge is 0.399 e. The predicted molar refractivity (Wildman–Crippen MR) is 90.7 cm³/mol. The van der Waals surface area contributed by atoms with E-state index < -0.39 is 0 Å². The fourth-order valence-corrected chi connectivity index (χ4v) is 3.06. The Morgan fingerprint density at radius 2 is 1.57 bits per heavy atom. The number of hydrogen-bond acceptors (Lipinski definition) is 3. The summed E-state index contributed by atoms with van der Waals surface area (Å²) in [6.07, 6.45) is 0. The molecule has 1 aliphatic heterocycles. The number of amides is 2. The summed E-state index contributed by atoms with van der Waals surface area (Å²) < 4.78 is 0. The van der Waals surface area contributed by atoms with Crippen LogP contribution in [0.25, 0.3) is 10.8 Å². The van der Waals surface area contributed by atoms with Crippen LogP contribution in [0.4, 0.5) is 11.4 Å². The standard InChI is InChI=1S/C19H14N2O2/c1-11-5-7-14(8-6-11)21-18(22)15-4-2-3-12-9-13(20)10-16(17(12)15)19(21)23/h2-10H,20H2,1H3. The van der Waals surface area contributed by atoms with Gasteiger partial charge in [0.25, 0.3) is 11.8 Å². The van der Waals surface area contributed by atoms with Crippen molar-refractivity contribution in [3.8, 4) is 0 Å². The second-order valence-corrected chi connectivity index (χ2v) is 5.75. The van der Waals surface area contributed by atoms with E-state index >= 15 is 0 Å². The van der Waals surface area contributed by atoms with E-state index in [0.717, 1.165) is 10.9 Å². The predicted octanol–water partition coefficient (Wildman–Crippen LogP) is 3.53. The maximum Gasteiger partial charge on any atom is 0.266 e. The number of nitrogens with two attached hydrogens (primary N) is 1. The Balaban J connectivity index is 1.99. The average Bonchev–Trinajstić information content (AvgIpc) is 2.54. The van der Waals surface area contributed by atoms with Crippen LogP contribution in [0.15, 0.2) is 54.6 Å². The minimum atomic E-state index is -0.338. The first-order chi connectivity index (χ1) is 11.1. The molecular formula is C19H14N2O2. The summed E-state index contributed by atoms with van der Waals surface area (Å²) in [7, 11) is 0. The van der Waals surface area contributed by atoms with Crippen molar-refractivity contribution in [1.82, 2.24) is 0 Å². The lowest BCUT2D eigenvalue weighted by Crippen LogP contribution is -2.40. The Morgan fingerprint density at radius 3 is 2.30 bits per heavy atom. The van der Waals surface area contributed by atoms with Crippen molar-refractivity contribution >= 4 is 34.0 Å². The number of carbonyl (C=O) groups excluding carboxylic acids is 2. The fourth-order valence-electron chi connectivity index (χ4n) is 3.06. The number of rotatable bonds is 1. The summed E-state index contributed by atoms with van der Waals surface area (Å²) in [5.74, 6) is -0.642. The summed E-state index contributed by atoms with van der Waals surface area (Å²) in [4.78, 5) is 27.0. The van der Waals surface area contributed by atoms with Crippen LogP contribution in [0, 0.1) is 6.92 Å². The van der Waals surface area contributed by atoms with Gasteiger partial charge in [-0.1, -0.05) is 29.8 Å². The van der Waals surface area contributed by atoms with Crippen LogP contribution in [-0.4, -0.2) is 11.8 Å². The lowest BCUT2D eigenvalue weighted by Gasteiger charge is -2.27. The molecule has 4 rings (SSSR count). The summed E-state index contributed by atoms with van der Waals surface area (Å²) in [6.45, 7) is 1.96. The van der Waals surface area contributed by atoms with Crippen molar-refractivity contribution in [2.45, 2.75) is 6.92 Å². The van der Waals surface area contributed by atoms with E-state index in [1.54, 1.807) is 30.3 Å². The van der Waals surface area contributed by atoms with E-state index in [9.17, 15) is 9.59 Å². The smallest absolute Gasteiger partial charge is 0.266 e. The Hall–Kier alpha value is -3.14. The average molecular weight is 302 g/mol. The maximum atomic E-state index is 12.9. The van der Waals surface area contributed by atoms with Crippen LogP contribution >= 0.6 is 0 Å². The number of imide groups is 1. The molecule has 3 aromatic carbocycles. The maximum absolute atomic E-state index is 12.9. The lowest BCUT2D eigenvalue weighted by atomic mass is 9.93. The summed E-state index contributed by atoms with van der Waals surface area (Å²) in [5, 5.41) is 1.49. The normalized spacial score (nSPS) is 13.7. The van der Waals surface area contributed by atoms with Gasteiger partial charge < -0.3 is 5.73 Å². The van der Waals surface area contributed by atoms with Crippen molar-refractivity contribution in [3.05, 3.63) is 71.3 Å². The quantitative estimate of drug-likeness (QED) is 0.552. The van der Waals surface area contributed by atoms with Gasteiger partial charge in [-0.25, -0.2) is 4.90 Å². The zero-order chi connectivity index (χ0) is 16.1. The zero-order valence-corrected chi connectivity index (χ0v) is 12.5. The highest BCUT2D eigenvalue weighted by Gasteiger charge is 2.34. The van der Waals surface area contributed by atoms with E-state index in [0.29, 0.717) is 27.9 Å². The molecule has 0 atom stereocenters. The number of hydrogen-bond donors (Lipinski definition) is 1. The summed E-state index contributed by atoms with van der Waals surface area (Å²) >= 11 is 0. The van der Waals surface area contributed by atoms with Crippen LogP contribution < -0.4 is 10.6 Å². The van der Waals surface area contributed by atoms with Crippen LogP contribution in [0.3, 0.4) is 0 Å². The minimum absolute atomic E-state index is 0.304. The highest BCUT2D eigenvalue weighted by atomic mass is 16.2.